The maximum absolute atomic E-state index is 13.7. The highest BCUT2D eigenvalue weighted by molar-refractivity contribution is 6.30. The van der Waals surface area contributed by atoms with Crippen LogP contribution in [-0.4, -0.2) is 41.4 Å². The van der Waals surface area contributed by atoms with Crippen molar-refractivity contribution < 1.29 is 14.3 Å². The van der Waals surface area contributed by atoms with E-state index in [1.807, 2.05) is 112 Å². The van der Waals surface area contributed by atoms with Gasteiger partial charge in [0.1, 0.15) is 18.4 Å². The fraction of sp³-hybridized carbons (Fsp3) is 0.412. The summed E-state index contributed by atoms with van der Waals surface area (Å²) < 4.78 is 5.92. The number of nitrogens with zero attached hydrogens (tertiary/aromatic N) is 1. The summed E-state index contributed by atoms with van der Waals surface area (Å²) in [5.74, 6) is 0.674. The number of likely N-dealkylation sites (N-methyl/N-ethyl adjacent to an activating group) is 1. The number of rotatable bonds is 13. The van der Waals surface area contributed by atoms with Gasteiger partial charge >= 0.3 is 0 Å². The number of halogens is 1. The first-order valence-corrected chi connectivity index (χ1v) is 14.6. The van der Waals surface area contributed by atoms with E-state index in [2.05, 4.69) is 24.5 Å². The predicted molar refractivity (Wildman–Crippen MR) is 167 cm³/mol. The third-order valence-corrected chi connectivity index (χ3v) is 6.87. The minimum Gasteiger partial charge on any atom is -0.489 e. The van der Waals surface area contributed by atoms with E-state index < -0.39 is 17.6 Å². The van der Waals surface area contributed by atoms with Gasteiger partial charge in [-0.1, -0.05) is 80.0 Å². The molecule has 0 fully saturated rings. The van der Waals surface area contributed by atoms with Crippen LogP contribution in [0.3, 0.4) is 0 Å². The molecule has 2 amide bonds. The summed E-state index contributed by atoms with van der Waals surface area (Å²) in [6.07, 6.45) is 1.03. The Balaban J connectivity index is 1.73. The van der Waals surface area contributed by atoms with Crippen LogP contribution in [-0.2, 0) is 29.2 Å². The Hall–Kier alpha value is -3.35. The number of ether oxygens (including phenoxy) is 1. The normalized spacial score (nSPS) is 13.1. The fourth-order valence-electron chi connectivity index (χ4n) is 4.55. The van der Waals surface area contributed by atoms with Crippen LogP contribution in [0.4, 0.5) is 0 Å². The van der Waals surface area contributed by atoms with Gasteiger partial charge in [0.2, 0.25) is 11.8 Å². The summed E-state index contributed by atoms with van der Waals surface area (Å²) in [4.78, 5) is 29.2. The van der Waals surface area contributed by atoms with Crippen LogP contribution in [0.15, 0.2) is 78.9 Å². The summed E-state index contributed by atoms with van der Waals surface area (Å²) in [5.41, 5.74) is 2.66. The Kier molecular flexibility index (Phi) is 11.8. The van der Waals surface area contributed by atoms with Crippen molar-refractivity contribution in [2.24, 2.45) is 5.92 Å². The second kappa shape index (κ2) is 15.0. The fourth-order valence-corrected chi connectivity index (χ4v) is 4.68. The molecule has 0 aliphatic carbocycles. The molecule has 220 valence electrons. The van der Waals surface area contributed by atoms with Crippen molar-refractivity contribution in [1.29, 1.82) is 0 Å². The van der Waals surface area contributed by atoms with Gasteiger partial charge in [-0.25, -0.2) is 0 Å². The quantitative estimate of drug-likeness (QED) is 0.246. The van der Waals surface area contributed by atoms with Crippen molar-refractivity contribution in [3.05, 3.63) is 101 Å². The number of benzene rings is 3. The van der Waals surface area contributed by atoms with E-state index in [1.54, 1.807) is 0 Å². The summed E-state index contributed by atoms with van der Waals surface area (Å²) in [5, 5.41) is 6.81. The number of amides is 2. The SMILES string of the molecule is CC(C)CC(C(=O)NC(Cc1ccc(OCc2ccccc2)cc1)C(=O)NC(C)(C)C)N(C)Cc1ccc(Cl)cc1. The van der Waals surface area contributed by atoms with Crippen LogP contribution in [0.1, 0.15) is 57.7 Å². The van der Waals surface area contributed by atoms with Gasteiger partial charge in [0, 0.05) is 23.5 Å². The lowest BCUT2D eigenvalue weighted by Crippen LogP contribution is -2.56. The van der Waals surface area contributed by atoms with Crippen LogP contribution in [0.25, 0.3) is 0 Å². The van der Waals surface area contributed by atoms with Gasteiger partial charge in [-0.15, -0.1) is 0 Å². The molecule has 2 atom stereocenters. The van der Waals surface area contributed by atoms with E-state index in [9.17, 15) is 9.59 Å². The second-order valence-corrected chi connectivity index (χ2v) is 12.5. The summed E-state index contributed by atoms with van der Waals surface area (Å²) in [6.45, 7) is 11.1. The maximum atomic E-state index is 13.7. The first-order valence-electron chi connectivity index (χ1n) is 14.2. The lowest BCUT2D eigenvalue weighted by Gasteiger charge is -2.31. The molecule has 6 nitrogen and oxygen atoms in total. The van der Waals surface area contributed by atoms with Crippen molar-refractivity contribution >= 4 is 23.4 Å². The third kappa shape index (κ3) is 11.2. The molecular formula is C34H44ClN3O3. The molecule has 2 unspecified atom stereocenters. The molecule has 0 bridgehead atoms. The number of carbonyl (C=O) groups excluding carboxylic acids is 2. The standard InChI is InChI=1S/C34H44ClN3O3/c1-24(2)20-31(38(6)22-26-12-16-28(35)17-13-26)33(40)36-30(32(39)37-34(3,4)5)21-25-14-18-29(19-15-25)41-23-27-10-8-7-9-11-27/h7-19,24,30-31H,20-23H2,1-6H3,(H,36,40)(H,37,39). The monoisotopic (exact) mass is 577 g/mol. The Morgan fingerprint density at radius 2 is 1.46 bits per heavy atom. The zero-order valence-corrected chi connectivity index (χ0v) is 25.9. The predicted octanol–water partition coefficient (Wildman–Crippen LogP) is 6.41. The molecule has 0 aliphatic rings. The summed E-state index contributed by atoms with van der Waals surface area (Å²) in [7, 11) is 1.94. The Labute approximate surface area is 250 Å². The number of nitrogens with one attached hydrogen (secondary N) is 2. The molecule has 3 aromatic rings. The van der Waals surface area contributed by atoms with Gasteiger partial charge in [0.25, 0.3) is 0 Å². The zero-order valence-electron chi connectivity index (χ0n) is 25.1. The summed E-state index contributed by atoms with van der Waals surface area (Å²) >= 11 is 6.06. The smallest absolute Gasteiger partial charge is 0.243 e. The molecule has 3 aromatic carbocycles. The highest BCUT2D eigenvalue weighted by atomic mass is 35.5. The van der Waals surface area contributed by atoms with Gasteiger partial charge in [0.05, 0.1) is 6.04 Å². The molecule has 0 saturated carbocycles. The van der Waals surface area contributed by atoms with E-state index >= 15 is 0 Å². The van der Waals surface area contributed by atoms with E-state index in [0.717, 1.165) is 22.4 Å². The third-order valence-electron chi connectivity index (χ3n) is 6.62. The molecule has 7 heteroatoms. The van der Waals surface area contributed by atoms with E-state index in [1.165, 1.54) is 0 Å². The Morgan fingerprint density at radius 1 is 0.854 bits per heavy atom. The number of hydrogen-bond acceptors (Lipinski definition) is 4. The molecule has 0 radical (unpaired) electrons. The number of hydrogen-bond donors (Lipinski definition) is 2. The minimum atomic E-state index is -0.726. The van der Waals surface area contributed by atoms with Crippen LogP contribution in [0.2, 0.25) is 5.02 Å². The topological polar surface area (TPSA) is 70.7 Å². The molecule has 0 spiro atoms. The van der Waals surface area contributed by atoms with Crippen LogP contribution >= 0.6 is 11.6 Å². The van der Waals surface area contributed by atoms with Gasteiger partial charge in [0.15, 0.2) is 0 Å². The highest BCUT2D eigenvalue weighted by Crippen LogP contribution is 2.18. The largest absolute Gasteiger partial charge is 0.489 e. The van der Waals surface area contributed by atoms with Crippen molar-refractivity contribution in [3.63, 3.8) is 0 Å². The molecule has 41 heavy (non-hydrogen) atoms. The van der Waals surface area contributed by atoms with Crippen LogP contribution in [0, 0.1) is 5.92 Å². The molecule has 0 saturated heterocycles. The molecule has 3 rings (SSSR count). The van der Waals surface area contributed by atoms with Gasteiger partial charge < -0.3 is 15.4 Å². The Bertz CT molecular complexity index is 1240. The molecule has 0 aromatic heterocycles. The van der Waals surface area contributed by atoms with Crippen molar-refractivity contribution in [1.82, 2.24) is 15.5 Å². The maximum Gasteiger partial charge on any atom is 0.243 e. The Morgan fingerprint density at radius 3 is 2.05 bits per heavy atom. The second-order valence-electron chi connectivity index (χ2n) is 12.1. The molecule has 2 N–H and O–H groups in total. The van der Waals surface area contributed by atoms with Gasteiger partial charge in [-0.05, 0) is 81.1 Å². The highest BCUT2D eigenvalue weighted by Gasteiger charge is 2.30. The van der Waals surface area contributed by atoms with E-state index in [0.29, 0.717) is 36.9 Å². The van der Waals surface area contributed by atoms with Crippen molar-refractivity contribution in [3.8, 4) is 5.75 Å². The van der Waals surface area contributed by atoms with Crippen LogP contribution < -0.4 is 15.4 Å². The average Bonchev–Trinajstić information content (AvgIpc) is 2.91. The van der Waals surface area contributed by atoms with Gasteiger partial charge in [-0.2, -0.15) is 0 Å². The first kappa shape index (κ1) is 32.2. The molecular weight excluding hydrogens is 534 g/mol. The average molecular weight is 578 g/mol. The van der Waals surface area contributed by atoms with E-state index in [-0.39, 0.29) is 11.8 Å². The van der Waals surface area contributed by atoms with Gasteiger partial charge in [-0.3, -0.25) is 14.5 Å². The van der Waals surface area contributed by atoms with Crippen molar-refractivity contribution in [2.45, 2.75) is 78.2 Å². The minimum absolute atomic E-state index is 0.160. The van der Waals surface area contributed by atoms with Crippen LogP contribution in [0.5, 0.6) is 5.75 Å². The molecule has 0 heterocycles. The van der Waals surface area contributed by atoms with Crippen molar-refractivity contribution in [2.75, 3.05) is 7.05 Å². The lowest BCUT2D eigenvalue weighted by molar-refractivity contribution is -0.132. The molecule has 0 aliphatic heterocycles. The first-order chi connectivity index (χ1) is 19.4. The number of carbonyl (C=O) groups is 2. The lowest BCUT2D eigenvalue weighted by atomic mass is 9.99. The summed E-state index contributed by atoms with van der Waals surface area (Å²) in [6, 6.07) is 24.2. The van der Waals surface area contributed by atoms with E-state index in [4.69, 9.17) is 16.3 Å². The zero-order chi connectivity index (χ0) is 30.0.